The molecule has 0 saturated carbocycles. The maximum Gasteiger partial charge on any atom is 0.0965 e. The standard InChI is InChI=1S/C12H17NOS/c1-9(7-8-14)15-12-6-5-10-3-2-4-11(10)13-12/h5-6,9,14H,2-4,7-8H2,1H3. The number of hydrogen-bond acceptors (Lipinski definition) is 3. The van der Waals surface area contributed by atoms with Crippen molar-refractivity contribution in [2.45, 2.75) is 42.9 Å². The Morgan fingerprint density at radius 2 is 2.33 bits per heavy atom. The van der Waals surface area contributed by atoms with Crippen LogP contribution < -0.4 is 0 Å². The van der Waals surface area contributed by atoms with Crippen LogP contribution in [0.15, 0.2) is 17.2 Å². The molecule has 3 heteroatoms. The lowest BCUT2D eigenvalue weighted by molar-refractivity contribution is 0.289. The summed E-state index contributed by atoms with van der Waals surface area (Å²) in [7, 11) is 0. The highest BCUT2D eigenvalue weighted by atomic mass is 32.2. The molecule has 0 fully saturated rings. The zero-order chi connectivity index (χ0) is 10.7. The van der Waals surface area contributed by atoms with Gasteiger partial charge in [0.2, 0.25) is 0 Å². The van der Waals surface area contributed by atoms with Crippen molar-refractivity contribution in [2.75, 3.05) is 6.61 Å². The monoisotopic (exact) mass is 223 g/mol. The van der Waals surface area contributed by atoms with E-state index >= 15 is 0 Å². The number of thioether (sulfide) groups is 1. The third-order valence-electron chi connectivity index (χ3n) is 2.76. The van der Waals surface area contributed by atoms with E-state index in [0.717, 1.165) is 17.9 Å². The molecule has 0 aromatic carbocycles. The fraction of sp³-hybridized carbons (Fsp3) is 0.583. The molecule has 2 nitrogen and oxygen atoms in total. The molecule has 1 heterocycles. The van der Waals surface area contributed by atoms with Crippen molar-refractivity contribution in [3.05, 3.63) is 23.4 Å². The van der Waals surface area contributed by atoms with E-state index in [-0.39, 0.29) is 6.61 Å². The van der Waals surface area contributed by atoms with Crippen molar-refractivity contribution in [3.63, 3.8) is 0 Å². The average Bonchev–Trinajstić information content (AvgIpc) is 2.65. The summed E-state index contributed by atoms with van der Waals surface area (Å²) in [5.41, 5.74) is 2.71. The van der Waals surface area contributed by atoms with Crippen LogP contribution in [0.5, 0.6) is 0 Å². The van der Waals surface area contributed by atoms with Crippen molar-refractivity contribution in [1.82, 2.24) is 4.98 Å². The van der Waals surface area contributed by atoms with E-state index in [1.54, 1.807) is 11.8 Å². The van der Waals surface area contributed by atoms with Crippen LogP contribution in [0.3, 0.4) is 0 Å². The third-order valence-corrected chi connectivity index (χ3v) is 3.87. The number of nitrogens with zero attached hydrogens (tertiary/aromatic N) is 1. The van der Waals surface area contributed by atoms with E-state index < -0.39 is 0 Å². The minimum Gasteiger partial charge on any atom is -0.396 e. The average molecular weight is 223 g/mol. The first-order valence-corrected chi connectivity index (χ1v) is 6.44. The van der Waals surface area contributed by atoms with Crippen molar-refractivity contribution in [2.24, 2.45) is 0 Å². The summed E-state index contributed by atoms with van der Waals surface area (Å²) >= 11 is 1.76. The van der Waals surface area contributed by atoms with Gasteiger partial charge in [-0.05, 0) is 37.3 Å². The first kappa shape index (κ1) is 11.0. The number of fused-ring (bicyclic) bond motifs is 1. The van der Waals surface area contributed by atoms with Gasteiger partial charge in [0, 0.05) is 17.6 Å². The minimum atomic E-state index is 0.263. The summed E-state index contributed by atoms with van der Waals surface area (Å²) in [6.07, 6.45) is 4.42. The van der Waals surface area contributed by atoms with Gasteiger partial charge in [-0.2, -0.15) is 0 Å². The number of rotatable bonds is 4. The number of pyridine rings is 1. The normalized spacial score (nSPS) is 16.4. The molecule has 0 bridgehead atoms. The summed E-state index contributed by atoms with van der Waals surface area (Å²) in [6.45, 7) is 2.40. The van der Waals surface area contributed by atoms with Gasteiger partial charge in [-0.1, -0.05) is 13.0 Å². The lowest BCUT2D eigenvalue weighted by atomic mass is 10.2. The maximum atomic E-state index is 8.84. The van der Waals surface area contributed by atoms with E-state index in [1.807, 2.05) is 0 Å². The summed E-state index contributed by atoms with van der Waals surface area (Å²) in [6, 6.07) is 4.33. The molecule has 0 spiro atoms. The molecule has 2 rings (SSSR count). The molecular formula is C12H17NOS. The van der Waals surface area contributed by atoms with Crippen LogP contribution >= 0.6 is 11.8 Å². The fourth-order valence-electron chi connectivity index (χ4n) is 1.91. The van der Waals surface area contributed by atoms with Crippen molar-refractivity contribution < 1.29 is 5.11 Å². The van der Waals surface area contributed by atoms with Gasteiger partial charge in [-0.25, -0.2) is 4.98 Å². The maximum absolute atomic E-state index is 8.84. The molecule has 1 aliphatic carbocycles. The highest BCUT2D eigenvalue weighted by Gasteiger charge is 2.13. The molecule has 15 heavy (non-hydrogen) atoms. The van der Waals surface area contributed by atoms with Crippen LogP contribution in [0.1, 0.15) is 31.0 Å². The van der Waals surface area contributed by atoms with E-state index in [4.69, 9.17) is 5.11 Å². The van der Waals surface area contributed by atoms with Gasteiger partial charge in [0.25, 0.3) is 0 Å². The molecule has 1 unspecified atom stereocenters. The van der Waals surface area contributed by atoms with Gasteiger partial charge in [-0.15, -0.1) is 11.8 Å². The first-order chi connectivity index (χ1) is 7.29. The summed E-state index contributed by atoms with van der Waals surface area (Å²) < 4.78 is 0. The minimum absolute atomic E-state index is 0.263. The number of hydrogen-bond donors (Lipinski definition) is 1. The summed E-state index contributed by atoms with van der Waals surface area (Å²) in [4.78, 5) is 4.66. The Morgan fingerprint density at radius 3 is 3.13 bits per heavy atom. The number of aryl methyl sites for hydroxylation is 2. The van der Waals surface area contributed by atoms with Gasteiger partial charge >= 0.3 is 0 Å². The van der Waals surface area contributed by atoms with Gasteiger partial charge in [0.1, 0.15) is 0 Å². The van der Waals surface area contributed by atoms with Crippen LogP contribution in [-0.4, -0.2) is 21.9 Å². The second-order valence-electron chi connectivity index (χ2n) is 4.05. The smallest absolute Gasteiger partial charge is 0.0965 e. The lowest BCUT2D eigenvalue weighted by Crippen LogP contribution is -2.00. The molecule has 1 aromatic rings. The second kappa shape index (κ2) is 4.99. The fourth-order valence-corrected chi connectivity index (χ4v) is 2.86. The molecule has 0 radical (unpaired) electrons. The molecule has 1 atom stereocenters. The lowest BCUT2D eigenvalue weighted by Gasteiger charge is -2.09. The zero-order valence-electron chi connectivity index (χ0n) is 9.07. The Morgan fingerprint density at radius 1 is 1.47 bits per heavy atom. The topological polar surface area (TPSA) is 33.1 Å². The van der Waals surface area contributed by atoms with Gasteiger partial charge in [0.15, 0.2) is 0 Å². The Balaban J connectivity index is 2.03. The predicted molar refractivity (Wildman–Crippen MR) is 63.3 cm³/mol. The molecule has 1 aliphatic rings. The Bertz CT molecular complexity index is 340. The summed E-state index contributed by atoms with van der Waals surface area (Å²) in [5.74, 6) is 0. The Hall–Kier alpha value is -0.540. The highest BCUT2D eigenvalue weighted by molar-refractivity contribution is 7.99. The molecule has 1 aromatic heterocycles. The molecule has 1 N–H and O–H groups in total. The van der Waals surface area contributed by atoms with E-state index in [1.165, 1.54) is 24.1 Å². The van der Waals surface area contributed by atoms with Crippen LogP contribution in [0.25, 0.3) is 0 Å². The van der Waals surface area contributed by atoms with Crippen LogP contribution in [-0.2, 0) is 12.8 Å². The second-order valence-corrected chi connectivity index (χ2v) is 5.51. The van der Waals surface area contributed by atoms with Crippen molar-refractivity contribution in [1.29, 1.82) is 0 Å². The molecule has 0 amide bonds. The van der Waals surface area contributed by atoms with Gasteiger partial charge in [0.05, 0.1) is 5.03 Å². The third kappa shape index (κ3) is 2.73. The predicted octanol–water partition coefficient (Wildman–Crippen LogP) is 2.43. The van der Waals surface area contributed by atoms with Crippen molar-refractivity contribution >= 4 is 11.8 Å². The Kier molecular flexibility index (Phi) is 3.65. The zero-order valence-corrected chi connectivity index (χ0v) is 9.89. The largest absolute Gasteiger partial charge is 0.396 e. The number of aliphatic hydroxyl groups is 1. The molecule has 0 aliphatic heterocycles. The highest BCUT2D eigenvalue weighted by Crippen LogP contribution is 2.27. The van der Waals surface area contributed by atoms with Crippen LogP contribution in [0, 0.1) is 0 Å². The molecular weight excluding hydrogens is 206 g/mol. The Labute approximate surface area is 95.1 Å². The quantitative estimate of drug-likeness (QED) is 0.796. The van der Waals surface area contributed by atoms with Crippen molar-refractivity contribution in [3.8, 4) is 0 Å². The van der Waals surface area contributed by atoms with Crippen LogP contribution in [0.4, 0.5) is 0 Å². The molecule has 82 valence electrons. The molecule has 0 saturated heterocycles. The number of aliphatic hydroxyl groups excluding tert-OH is 1. The van der Waals surface area contributed by atoms with Gasteiger partial charge in [-0.3, -0.25) is 0 Å². The summed E-state index contributed by atoms with van der Waals surface area (Å²) in [5, 5.41) is 10.4. The number of aromatic nitrogens is 1. The van der Waals surface area contributed by atoms with E-state index in [2.05, 4.69) is 24.0 Å². The first-order valence-electron chi connectivity index (χ1n) is 5.56. The van der Waals surface area contributed by atoms with E-state index in [0.29, 0.717) is 5.25 Å². The van der Waals surface area contributed by atoms with Gasteiger partial charge < -0.3 is 5.11 Å². The SMILES string of the molecule is CC(CCO)Sc1ccc2c(n1)CCC2. The van der Waals surface area contributed by atoms with E-state index in [9.17, 15) is 0 Å². The van der Waals surface area contributed by atoms with Crippen LogP contribution in [0.2, 0.25) is 0 Å².